The van der Waals surface area contributed by atoms with Crippen molar-refractivity contribution < 1.29 is 4.57 Å². The molecule has 0 unspecified atom stereocenters. The van der Waals surface area contributed by atoms with Gasteiger partial charge < -0.3 is 0 Å². The van der Waals surface area contributed by atoms with Gasteiger partial charge in [-0.2, -0.15) is 21.0 Å². The Balaban J connectivity index is 2.21. The van der Waals surface area contributed by atoms with E-state index in [4.69, 9.17) is 4.98 Å². The van der Waals surface area contributed by atoms with Gasteiger partial charge in [0.15, 0.2) is 24.2 Å². The highest BCUT2D eigenvalue weighted by atomic mass is 14.9. The summed E-state index contributed by atoms with van der Waals surface area (Å²) >= 11 is 0. The smallest absolute Gasteiger partial charge is 0.178 e. The van der Waals surface area contributed by atoms with E-state index < -0.39 is 11.8 Å². The van der Waals surface area contributed by atoms with E-state index in [1.165, 1.54) is 0 Å². The Labute approximate surface area is 178 Å². The first-order valence-corrected chi connectivity index (χ1v) is 9.30. The molecule has 2 aromatic heterocycles. The largest absolute Gasteiger partial charge is 0.252 e. The molecule has 7 nitrogen and oxygen atoms in total. The van der Waals surface area contributed by atoms with Crippen LogP contribution in [-0.2, 0) is 7.05 Å². The van der Waals surface area contributed by atoms with Crippen LogP contribution < -0.4 is 4.57 Å². The first-order chi connectivity index (χ1) is 15.1. The van der Waals surface area contributed by atoms with Gasteiger partial charge >= 0.3 is 0 Å². The molecular formula is C24H13N7+. The molecule has 0 N–H and O–H groups in total. The molecule has 0 saturated heterocycles. The molecule has 1 radical (unpaired) electrons. The Kier molecular flexibility index (Phi) is 4.95. The zero-order chi connectivity index (χ0) is 22.0. The van der Waals surface area contributed by atoms with Crippen LogP contribution in [0.5, 0.6) is 0 Å². The van der Waals surface area contributed by atoms with Crippen LogP contribution in [0.4, 0.5) is 0 Å². The fourth-order valence-electron chi connectivity index (χ4n) is 3.68. The Morgan fingerprint density at radius 2 is 1.48 bits per heavy atom. The number of pyridine rings is 1. The predicted molar refractivity (Wildman–Crippen MR) is 110 cm³/mol. The van der Waals surface area contributed by atoms with E-state index in [-0.39, 0.29) is 0 Å². The molecule has 4 rings (SSSR count). The molecule has 0 spiro atoms. The average molecular weight is 399 g/mol. The van der Waals surface area contributed by atoms with E-state index in [9.17, 15) is 21.0 Å². The van der Waals surface area contributed by atoms with E-state index in [0.29, 0.717) is 44.2 Å². The first kappa shape index (κ1) is 19.5. The molecule has 0 bridgehead atoms. The number of benzene rings is 2. The van der Waals surface area contributed by atoms with Gasteiger partial charge in [-0.1, -0.05) is 24.3 Å². The Hall–Kier alpha value is -4.85. The predicted octanol–water partition coefficient (Wildman–Crippen LogP) is 3.34. The fraction of sp³-hybridized carbons (Fsp3) is 0.125. The van der Waals surface area contributed by atoms with Crippen LogP contribution in [0.2, 0.25) is 0 Å². The van der Waals surface area contributed by atoms with Crippen LogP contribution in [0, 0.1) is 51.4 Å². The minimum atomic E-state index is -1.09. The summed E-state index contributed by atoms with van der Waals surface area (Å²) in [4.78, 5) is 9.29. The summed E-state index contributed by atoms with van der Waals surface area (Å²) in [6.45, 7) is 0. The third-order valence-electron chi connectivity index (χ3n) is 5.04. The van der Waals surface area contributed by atoms with Crippen molar-refractivity contribution in [2.24, 2.45) is 7.05 Å². The van der Waals surface area contributed by atoms with Crippen LogP contribution in [0.1, 0.15) is 23.0 Å². The van der Waals surface area contributed by atoms with Crippen LogP contribution in [0.15, 0.2) is 48.9 Å². The van der Waals surface area contributed by atoms with Crippen LogP contribution in [-0.4, -0.2) is 9.97 Å². The van der Waals surface area contributed by atoms with E-state index >= 15 is 0 Å². The molecule has 31 heavy (non-hydrogen) atoms. The number of nitrogens with zero attached hydrogens (tertiary/aromatic N) is 7. The van der Waals surface area contributed by atoms with Crippen molar-refractivity contribution >= 4 is 21.8 Å². The molecule has 0 fully saturated rings. The van der Waals surface area contributed by atoms with Crippen LogP contribution >= 0.6 is 0 Å². The quantitative estimate of drug-likeness (QED) is 0.384. The average Bonchev–Trinajstić information content (AvgIpc) is 2.81. The number of aryl methyl sites for hydroxylation is 1. The topological polar surface area (TPSA) is 125 Å². The number of fused-ring (bicyclic) bond motifs is 2. The number of aromatic nitrogens is 3. The highest BCUT2D eigenvalue weighted by Gasteiger charge is 2.26. The molecule has 4 aromatic rings. The Bertz CT molecular complexity index is 1480. The van der Waals surface area contributed by atoms with Gasteiger partial charge in [0.25, 0.3) is 0 Å². The lowest BCUT2D eigenvalue weighted by Crippen LogP contribution is -2.26. The van der Waals surface area contributed by atoms with E-state index in [1.54, 1.807) is 36.5 Å². The third kappa shape index (κ3) is 3.18. The molecule has 7 heteroatoms. The van der Waals surface area contributed by atoms with Gasteiger partial charge in [0.1, 0.15) is 7.05 Å². The van der Waals surface area contributed by atoms with Crippen molar-refractivity contribution in [3.05, 3.63) is 66.1 Å². The van der Waals surface area contributed by atoms with Gasteiger partial charge in [-0.15, -0.1) is 0 Å². The highest BCUT2D eigenvalue weighted by Crippen LogP contribution is 2.38. The third-order valence-corrected chi connectivity index (χ3v) is 5.04. The molecule has 2 heterocycles. The normalized spacial score (nSPS) is 10.5. The van der Waals surface area contributed by atoms with Crippen molar-refractivity contribution in [2.45, 2.75) is 11.8 Å². The first-order valence-electron chi connectivity index (χ1n) is 9.30. The Morgan fingerprint density at radius 1 is 0.903 bits per heavy atom. The molecule has 0 aliphatic rings. The summed E-state index contributed by atoms with van der Waals surface area (Å²) in [6, 6.07) is 20.0. The second-order valence-electron chi connectivity index (χ2n) is 6.88. The lowest BCUT2D eigenvalue weighted by molar-refractivity contribution is -0.671. The van der Waals surface area contributed by atoms with Crippen molar-refractivity contribution in [3.8, 4) is 35.5 Å². The van der Waals surface area contributed by atoms with Crippen LogP contribution in [0.25, 0.3) is 33.1 Å². The maximum Gasteiger partial charge on any atom is 0.178 e. The van der Waals surface area contributed by atoms with E-state index in [2.05, 4.69) is 11.1 Å². The number of rotatable bonds is 3. The van der Waals surface area contributed by atoms with Gasteiger partial charge in [-0.25, -0.2) is 9.55 Å². The summed E-state index contributed by atoms with van der Waals surface area (Å²) in [7, 11) is 1.87. The minimum absolute atomic E-state index is 0.328. The molecule has 0 aliphatic carbocycles. The summed E-state index contributed by atoms with van der Waals surface area (Å²) in [5, 5.41) is 39.7. The van der Waals surface area contributed by atoms with Crippen molar-refractivity contribution in [1.82, 2.24) is 9.97 Å². The highest BCUT2D eigenvalue weighted by molar-refractivity contribution is 6.05. The molecule has 0 aliphatic heterocycles. The summed E-state index contributed by atoms with van der Waals surface area (Å²) in [6.07, 6.45) is 5.22. The van der Waals surface area contributed by atoms with Crippen molar-refractivity contribution in [3.63, 3.8) is 0 Å². The number of hydrogen-bond acceptors (Lipinski definition) is 6. The Morgan fingerprint density at radius 3 is 2.03 bits per heavy atom. The van der Waals surface area contributed by atoms with Gasteiger partial charge in [0, 0.05) is 23.3 Å². The maximum absolute atomic E-state index is 9.66. The van der Waals surface area contributed by atoms with Crippen molar-refractivity contribution in [1.29, 1.82) is 21.0 Å². The van der Waals surface area contributed by atoms with Crippen molar-refractivity contribution in [2.75, 3.05) is 0 Å². The second-order valence-corrected chi connectivity index (χ2v) is 6.88. The molecular weight excluding hydrogens is 386 g/mol. The van der Waals surface area contributed by atoms with Crippen LogP contribution in [0.3, 0.4) is 0 Å². The summed E-state index contributed by atoms with van der Waals surface area (Å²) < 4.78 is 1.85. The van der Waals surface area contributed by atoms with Gasteiger partial charge in [0.2, 0.25) is 0 Å². The lowest BCUT2D eigenvalue weighted by atomic mass is 9.86. The fourth-order valence-corrected chi connectivity index (χ4v) is 3.68. The van der Waals surface area contributed by atoms with Gasteiger partial charge in [-0.3, -0.25) is 4.98 Å². The zero-order valence-corrected chi connectivity index (χ0v) is 16.4. The summed E-state index contributed by atoms with van der Waals surface area (Å²) in [5.41, 5.74) is 2.70. The molecule has 0 amide bonds. The second kappa shape index (κ2) is 7.88. The molecule has 0 saturated carbocycles. The van der Waals surface area contributed by atoms with Gasteiger partial charge in [0.05, 0.1) is 52.8 Å². The monoisotopic (exact) mass is 399 g/mol. The van der Waals surface area contributed by atoms with Gasteiger partial charge in [-0.05, 0) is 10.8 Å². The molecule has 143 valence electrons. The SMILES string of the molecule is C[n+]1cc[c]c(-c2cnc3c(C(C#N)C#N)c4ccccc4c(C(C#N)C#N)c3n2)c1. The maximum atomic E-state index is 9.66. The lowest BCUT2D eigenvalue weighted by Gasteiger charge is -2.16. The standard InChI is InChI=1S/C24H13N7/c1-31-8-4-5-15(14-31)20-13-29-23-21(16(9-25)10-26)18-6-2-3-7-19(18)22(24(23)30-20)17(11-27)12-28/h2-4,6-8,13-14,16-17H,1H3/q+1. The molecule has 2 aromatic carbocycles. The van der Waals surface area contributed by atoms with E-state index in [1.807, 2.05) is 48.3 Å². The summed E-state index contributed by atoms with van der Waals surface area (Å²) in [5.74, 6) is -2.17. The minimum Gasteiger partial charge on any atom is -0.252 e. The number of nitriles is 4. The van der Waals surface area contributed by atoms with E-state index in [0.717, 1.165) is 0 Å². The zero-order valence-electron chi connectivity index (χ0n) is 16.4. The molecule has 0 atom stereocenters. The number of hydrogen-bond donors (Lipinski definition) is 0.